The van der Waals surface area contributed by atoms with Gasteiger partial charge in [-0.05, 0) is 78.9 Å². The van der Waals surface area contributed by atoms with E-state index in [4.69, 9.17) is 26.2 Å². The first-order valence-corrected chi connectivity index (χ1v) is 13.1. The van der Waals surface area contributed by atoms with Crippen molar-refractivity contribution in [3.05, 3.63) is 94.5 Å². The number of unbranched alkanes of at least 4 members (excludes halogenated alkanes) is 4. The molecule has 1 amide bonds. The maximum atomic E-state index is 12.0. The van der Waals surface area contributed by atoms with Crippen LogP contribution < -0.4 is 14.8 Å². The lowest BCUT2D eigenvalue weighted by Crippen LogP contribution is -2.25. The summed E-state index contributed by atoms with van der Waals surface area (Å²) in [6.07, 6.45) is 6.43. The van der Waals surface area contributed by atoms with Crippen molar-refractivity contribution in [2.45, 2.75) is 51.6 Å². The number of carbonyl (C=O) groups is 2. The fourth-order valence-electron chi connectivity index (χ4n) is 3.78. The molecule has 0 bridgehead atoms. The fraction of sp³-hybridized carbons (Fsp3) is 0.333. The molecule has 0 aliphatic carbocycles. The highest BCUT2D eigenvalue weighted by Crippen LogP contribution is 2.20. The van der Waals surface area contributed by atoms with Gasteiger partial charge in [0.1, 0.15) is 18.1 Å². The number of aliphatic carboxylic acids is 1. The molecule has 0 radical (unpaired) electrons. The van der Waals surface area contributed by atoms with Crippen LogP contribution in [0.3, 0.4) is 0 Å². The summed E-state index contributed by atoms with van der Waals surface area (Å²) in [6, 6.07) is 22.8. The van der Waals surface area contributed by atoms with Gasteiger partial charge in [0.15, 0.2) is 0 Å². The predicted molar refractivity (Wildman–Crippen MR) is 146 cm³/mol. The van der Waals surface area contributed by atoms with Gasteiger partial charge in [0.25, 0.3) is 5.91 Å². The molecule has 0 spiro atoms. The van der Waals surface area contributed by atoms with Gasteiger partial charge < -0.3 is 19.9 Å². The monoisotopic (exact) mass is 523 g/mol. The van der Waals surface area contributed by atoms with Crippen LogP contribution in [0, 0.1) is 0 Å². The van der Waals surface area contributed by atoms with Gasteiger partial charge in [0.05, 0.1) is 13.0 Å². The molecule has 37 heavy (non-hydrogen) atoms. The van der Waals surface area contributed by atoms with Crippen LogP contribution in [-0.2, 0) is 17.8 Å². The Balaban J connectivity index is 1.22. The highest BCUT2D eigenvalue weighted by molar-refractivity contribution is 6.30. The maximum Gasteiger partial charge on any atom is 0.305 e. The lowest BCUT2D eigenvalue weighted by atomic mass is 10.0. The molecule has 6 nitrogen and oxygen atoms in total. The molecule has 7 heteroatoms. The lowest BCUT2D eigenvalue weighted by Gasteiger charge is -2.09. The molecule has 0 heterocycles. The zero-order valence-electron chi connectivity index (χ0n) is 21.0. The summed E-state index contributed by atoms with van der Waals surface area (Å²) in [5.41, 5.74) is 2.78. The quantitative estimate of drug-likeness (QED) is 0.204. The molecule has 0 fully saturated rings. The van der Waals surface area contributed by atoms with E-state index in [1.165, 1.54) is 5.56 Å². The van der Waals surface area contributed by atoms with E-state index in [0.29, 0.717) is 23.8 Å². The fourth-order valence-corrected chi connectivity index (χ4v) is 4.00. The van der Waals surface area contributed by atoms with E-state index in [1.807, 2.05) is 60.7 Å². The van der Waals surface area contributed by atoms with Crippen LogP contribution in [0.5, 0.6) is 11.5 Å². The molecule has 0 saturated heterocycles. The SMILES string of the molecule is O=C(O)CCNC(=O)c1ccc(CCCCCCCOc2ccc(OCc3cccc(Cl)c3)cc2)cc1. The smallest absolute Gasteiger partial charge is 0.305 e. The minimum Gasteiger partial charge on any atom is -0.494 e. The third-order valence-electron chi connectivity index (χ3n) is 5.84. The van der Waals surface area contributed by atoms with E-state index in [9.17, 15) is 9.59 Å². The van der Waals surface area contributed by atoms with Gasteiger partial charge in [-0.2, -0.15) is 0 Å². The largest absolute Gasteiger partial charge is 0.494 e. The summed E-state index contributed by atoms with van der Waals surface area (Å²) in [6.45, 7) is 1.30. The molecule has 0 aliphatic rings. The summed E-state index contributed by atoms with van der Waals surface area (Å²) in [5.74, 6) is 0.467. The van der Waals surface area contributed by atoms with E-state index in [0.717, 1.165) is 55.6 Å². The van der Waals surface area contributed by atoms with Crippen molar-refractivity contribution in [2.75, 3.05) is 13.2 Å². The van der Waals surface area contributed by atoms with Crippen molar-refractivity contribution < 1.29 is 24.2 Å². The number of hydrogen-bond donors (Lipinski definition) is 2. The number of aryl methyl sites for hydroxylation is 1. The molecule has 0 unspecified atom stereocenters. The molecule has 0 saturated carbocycles. The average Bonchev–Trinajstić information content (AvgIpc) is 2.90. The van der Waals surface area contributed by atoms with Crippen molar-refractivity contribution in [1.82, 2.24) is 5.32 Å². The van der Waals surface area contributed by atoms with E-state index in [2.05, 4.69) is 5.32 Å². The number of benzene rings is 3. The second kappa shape index (κ2) is 15.6. The van der Waals surface area contributed by atoms with Gasteiger partial charge in [0, 0.05) is 17.1 Å². The molecule has 3 aromatic carbocycles. The van der Waals surface area contributed by atoms with Crippen LogP contribution in [0.1, 0.15) is 60.0 Å². The van der Waals surface area contributed by atoms with Crippen LogP contribution >= 0.6 is 11.6 Å². The van der Waals surface area contributed by atoms with E-state index in [1.54, 1.807) is 12.1 Å². The molecule has 3 rings (SSSR count). The van der Waals surface area contributed by atoms with Crippen molar-refractivity contribution in [3.63, 3.8) is 0 Å². The molecule has 0 aromatic heterocycles. The zero-order valence-corrected chi connectivity index (χ0v) is 21.7. The molecular weight excluding hydrogens is 490 g/mol. The van der Waals surface area contributed by atoms with Gasteiger partial charge in [-0.25, -0.2) is 0 Å². The molecule has 0 aliphatic heterocycles. The van der Waals surface area contributed by atoms with Crippen molar-refractivity contribution in [1.29, 1.82) is 0 Å². The Morgan fingerprint density at radius 3 is 2.16 bits per heavy atom. The Bertz CT molecular complexity index is 1120. The first kappa shape index (κ1) is 28.1. The number of carboxylic acid groups (broad SMARTS) is 1. The Kier molecular flexibility index (Phi) is 11.8. The summed E-state index contributed by atoms with van der Waals surface area (Å²) in [7, 11) is 0. The number of carbonyl (C=O) groups excluding carboxylic acids is 1. The first-order chi connectivity index (χ1) is 18.0. The molecule has 3 aromatic rings. The highest BCUT2D eigenvalue weighted by Gasteiger charge is 2.06. The van der Waals surface area contributed by atoms with Crippen LogP contribution in [0.2, 0.25) is 5.02 Å². The number of nitrogens with one attached hydrogen (secondary N) is 1. The minimum atomic E-state index is -0.925. The van der Waals surface area contributed by atoms with Crippen LogP contribution in [0.4, 0.5) is 0 Å². The van der Waals surface area contributed by atoms with Crippen molar-refractivity contribution in [2.24, 2.45) is 0 Å². The van der Waals surface area contributed by atoms with E-state index >= 15 is 0 Å². The minimum absolute atomic E-state index is 0.0787. The van der Waals surface area contributed by atoms with Gasteiger partial charge in [-0.15, -0.1) is 0 Å². The normalized spacial score (nSPS) is 10.6. The van der Waals surface area contributed by atoms with Crippen LogP contribution in [-0.4, -0.2) is 30.1 Å². The third kappa shape index (κ3) is 11.0. The molecule has 2 N–H and O–H groups in total. The topological polar surface area (TPSA) is 84.9 Å². The van der Waals surface area contributed by atoms with E-state index < -0.39 is 5.97 Å². The second-order valence-corrected chi connectivity index (χ2v) is 9.29. The van der Waals surface area contributed by atoms with Gasteiger partial charge in [0.2, 0.25) is 0 Å². The summed E-state index contributed by atoms with van der Waals surface area (Å²) >= 11 is 6.00. The van der Waals surface area contributed by atoms with Crippen LogP contribution in [0.15, 0.2) is 72.8 Å². The molecular formula is C30H34ClNO5. The molecule has 0 atom stereocenters. The number of ether oxygens (including phenoxy) is 2. The lowest BCUT2D eigenvalue weighted by molar-refractivity contribution is -0.136. The Hall–Kier alpha value is -3.51. The predicted octanol–water partition coefficient (Wildman–Crippen LogP) is 6.70. The Labute approximate surface area is 223 Å². The van der Waals surface area contributed by atoms with Crippen LogP contribution in [0.25, 0.3) is 0 Å². The number of carboxylic acids is 1. The average molecular weight is 524 g/mol. The highest BCUT2D eigenvalue weighted by atomic mass is 35.5. The van der Waals surface area contributed by atoms with Crippen molar-refractivity contribution in [3.8, 4) is 11.5 Å². The standard InChI is InChI=1S/C30H34ClNO5/c31-26-9-6-8-24(21-26)22-37-28-16-14-27(15-17-28)36-20-5-3-1-2-4-7-23-10-12-25(13-11-23)30(35)32-19-18-29(33)34/h6,8-17,21H,1-5,7,18-20,22H2,(H,32,35)(H,33,34). The first-order valence-electron chi connectivity index (χ1n) is 12.7. The Morgan fingerprint density at radius 2 is 1.46 bits per heavy atom. The van der Waals surface area contributed by atoms with Gasteiger partial charge >= 0.3 is 5.97 Å². The number of hydrogen-bond acceptors (Lipinski definition) is 4. The maximum absolute atomic E-state index is 12.0. The molecule has 196 valence electrons. The van der Waals surface area contributed by atoms with E-state index in [-0.39, 0.29) is 18.9 Å². The summed E-state index contributed by atoms with van der Waals surface area (Å²) < 4.78 is 11.6. The Morgan fingerprint density at radius 1 is 0.784 bits per heavy atom. The second-order valence-electron chi connectivity index (χ2n) is 8.85. The van der Waals surface area contributed by atoms with Gasteiger partial charge in [-0.3, -0.25) is 9.59 Å². The third-order valence-corrected chi connectivity index (χ3v) is 6.07. The zero-order chi connectivity index (χ0) is 26.3. The summed E-state index contributed by atoms with van der Waals surface area (Å²) in [5, 5.41) is 12.0. The number of amides is 1. The number of halogens is 1. The van der Waals surface area contributed by atoms with Gasteiger partial charge in [-0.1, -0.05) is 55.1 Å². The van der Waals surface area contributed by atoms with Crippen molar-refractivity contribution >= 4 is 23.5 Å². The number of rotatable bonds is 16. The summed E-state index contributed by atoms with van der Waals surface area (Å²) in [4.78, 5) is 22.5.